The number of carbonyl (C=O) groups is 1. The first kappa shape index (κ1) is 18.9. The van der Waals surface area contributed by atoms with E-state index in [-0.39, 0.29) is 11.7 Å². The summed E-state index contributed by atoms with van der Waals surface area (Å²) in [4.78, 5) is 18.4. The maximum atomic E-state index is 12.3. The first-order valence-electron chi connectivity index (χ1n) is 9.63. The number of carbonyl (C=O) groups excluding carboxylic acids is 1. The van der Waals surface area contributed by atoms with Gasteiger partial charge in [-0.25, -0.2) is 4.98 Å². The lowest BCUT2D eigenvalue weighted by molar-refractivity contribution is -0.901. The summed E-state index contributed by atoms with van der Waals surface area (Å²) in [6, 6.07) is 10.2. The third-order valence-electron chi connectivity index (χ3n) is 5.00. The van der Waals surface area contributed by atoms with Gasteiger partial charge in [-0.05, 0) is 32.0 Å². The number of aromatic nitrogens is 4. The van der Waals surface area contributed by atoms with Gasteiger partial charge in [-0.1, -0.05) is 23.9 Å². The van der Waals surface area contributed by atoms with Gasteiger partial charge in [-0.3, -0.25) is 9.20 Å². The molecule has 1 amide bonds. The summed E-state index contributed by atoms with van der Waals surface area (Å²) in [6.45, 7) is 7.51. The monoisotopic (exact) mass is 397 g/mol. The van der Waals surface area contributed by atoms with E-state index in [2.05, 4.69) is 32.6 Å². The molecule has 2 N–H and O–H groups in total. The number of likely N-dealkylation sites (tertiary alicyclic amines) is 1. The van der Waals surface area contributed by atoms with E-state index in [1.807, 2.05) is 36.4 Å². The van der Waals surface area contributed by atoms with Crippen LogP contribution in [0.3, 0.4) is 0 Å². The molecular weight excluding hydrogens is 372 g/mol. The number of rotatable bonds is 6. The number of aryl methyl sites for hydroxylation is 2. The van der Waals surface area contributed by atoms with Gasteiger partial charge in [0.2, 0.25) is 5.91 Å². The topological polar surface area (TPSA) is 76.6 Å². The molecule has 0 unspecified atom stereocenters. The molecule has 1 aromatic carbocycles. The Labute approximate surface area is 168 Å². The molecule has 146 valence electrons. The minimum atomic E-state index is -0.0580. The summed E-state index contributed by atoms with van der Waals surface area (Å²) in [7, 11) is 0. The number of anilines is 1. The first-order chi connectivity index (χ1) is 13.6. The molecule has 0 spiro atoms. The van der Waals surface area contributed by atoms with Crippen LogP contribution in [0.4, 0.5) is 5.69 Å². The van der Waals surface area contributed by atoms with E-state index in [4.69, 9.17) is 0 Å². The number of fused-ring (bicyclic) bond motifs is 1. The van der Waals surface area contributed by atoms with E-state index >= 15 is 0 Å². The molecule has 3 aromatic rings. The van der Waals surface area contributed by atoms with Crippen molar-refractivity contribution in [2.75, 3.05) is 24.2 Å². The summed E-state index contributed by atoms with van der Waals surface area (Å²) < 4.78 is 1.88. The molecule has 0 radical (unpaired) electrons. The van der Waals surface area contributed by atoms with Gasteiger partial charge in [0.1, 0.15) is 6.54 Å². The molecule has 4 rings (SSSR count). The molecule has 7 nitrogen and oxygen atoms in total. The minimum absolute atomic E-state index is 0.0580. The molecule has 28 heavy (non-hydrogen) atoms. The molecule has 8 heteroatoms. The van der Waals surface area contributed by atoms with Crippen LogP contribution in [0.1, 0.15) is 29.8 Å². The lowest BCUT2D eigenvalue weighted by Crippen LogP contribution is -3.08. The van der Waals surface area contributed by atoms with Crippen LogP contribution in [-0.2, 0) is 11.3 Å². The van der Waals surface area contributed by atoms with Crippen LogP contribution >= 0.6 is 11.8 Å². The second-order valence-electron chi connectivity index (χ2n) is 7.32. The van der Waals surface area contributed by atoms with Crippen molar-refractivity contribution in [1.82, 2.24) is 19.6 Å². The van der Waals surface area contributed by atoms with E-state index in [1.165, 1.54) is 43.3 Å². The highest BCUT2D eigenvalue weighted by atomic mass is 32.2. The molecule has 0 aliphatic carbocycles. The van der Waals surface area contributed by atoms with Crippen LogP contribution in [-0.4, -0.2) is 44.3 Å². The Kier molecular flexibility index (Phi) is 5.59. The molecular formula is C20H25N6OS+. The molecule has 1 saturated heterocycles. The van der Waals surface area contributed by atoms with Crippen molar-refractivity contribution >= 4 is 29.1 Å². The predicted molar refractivity (Wildman–Crippen MR) is 110 cm³/mol. The van der Waals surface area contributed by atoms with E-state index < -0.39 is 0 Å². The summed E-state index contributed by atoms with van der Waals surface area (Å²) in [5.41, 5.74) is 4.05. The summed E-state index contributed by atoms with van der Waals surface area (Å²) in [5, 5.41) is 11.9. The zero-order chi connectivity index (χ0) is 19.5. The Morgan fingerprint density at radius 2 is 1.93 bits per heavy atom. The highest BCUT2D eigenvalue weighted by Gasteiger charge is 2.16. The number of nitrogens with one attached hydrogen (secondary N) is 2. The van der Waals surface area contributed by atoms with Crippen LogP contribution in [0.15, 0.2) is 35.5 Å². The number of benzene rings is 1. The summed E-state index contributed by atoms with van der Waals surface area (Å²) in [5.74, 6) is 0.780. The van der Waals surface area contributed by atoms with Crippen molar-refractivity contribution in [2.45, 2.75) is 38.4 Å². The molecule has 2 aromatic heterocycles. The normalized spacial score (nSPS) is 14.6. The predicted octanol–water partition coefficient (Wildman–Crippen LogP) is 1.65. The SMILES string of the molecule is Cc1cc(C)n2c(SCC(=O)Nc3ccc(C[NH+]4CCCC4)cc3)nnc2n1. The van der Waals surface area contributed by atoms with Gasteiger partial charge in [0, 0.05) is 35.5 Å². The zero-order valence-corrected chi connectivity index (χ0v) is 17.1. The average molecular weight is 398 g/mol. The number of hydrogen-bond donors (Lipinski definition) is 2. The van der Waals surface area contributed by atoms with Crippen LogP contribution in [0.5, 0.6) is 0 Å². The third-order valence-corrected chi connectivity index (χ3v) is 5.93. The quantitative estimate of drug-likeness (QED) is 0.619. The van der Waals surface area contributed by atoms with Gasteiger partial charge in [0.25, 0.3) is 5.78 Å². The van der Waals surface area contributed by atoms with Gasteiger partial charge >= 0.3 is 0 Å². The fourth-order valence-corrected chi connectivity index (χ4v) is 4.45. The Hall–Kier alpha value is -2.45. The third kappa shape index (κ3) is 4.34. The second-order valence-corrected chi connectivity index (χ2v) is 8.27. The Bertz CT molecular complexity index is 978. The highest BCUT2D eigenvalue weighted by Crippen LogP contribution is 2.19. The molecule has 0 saturated carbocycles. The highest BCUT2D eigenvalue weighted by molar-refractivity contribution is 7.99. The first-order valence-corrected chi connectivity index (χ1v) is 10.6. The average Bonchev–Trinajstić information content (AvgIpc) is 3.31. The maximum Gasteiger partial charge on any atom is 0.256 e. The van der Waals surface area contributed by atoms with E-state index in [0.717, 1.165) is 23.6 Å². The number of quaternary nitrogens is 1. The number of thioether (sulfide) groups is 1. The summed E-state index contributed by atoms with van der Waals surface area (Å²) >= 11 is 1.36. The lowest BCUT2D eigenvalue weighted by Gasteiger charge is -2.12. The van der Waals surface area contributed by atoms with Gasteiger partial charge in [0.15, 0.2) is 5.16 Å². The smallest absolute Gasteiger partial charge is 0.256 e. The molecule has 1 aliphatic heterocycles. The van der Waals surface area contributed by atoms with E-state index in [9.17, 15) is 4.79 Å². The van der Waals surface area contributed by atoms with E-state index in [1.54, 1.807) is 4.90 Å². The van der Waals surface area contributed by atoms with Crippen LogP contribution in [0.25, 0.3) is 5.78 Å². The van der Waals surface area contributed by atoms with Gasteiger partial charge < -0.3 is 10.2 Å². The molecule has 1 aliphatic rings. The standard InChI is InChI=1S/C20H24N6OS/c1-14-11-15(2)26-19(21-14)23-24-20(26)28-13-18(27)22-17-7-5-16(6-8-17)12-25-9-3-4-10-25/h5-8,11H,3-4,9-10,12-13H2,1-2H3,(H,22,27)/p+1. The van der Waals surface area contributed by atoms with E-state index in [0.29, 0.717) is 10.9 Å². The van der Waals surface area contributed by atoms with Crippen LogP contribution < -0.4 is 10.2 Å². The Balaban J connectivity index is 1.33. The second kappa shape index (κ2) is 8.28. The van der Waals surface area contributed by atoms with Crippen molar-refractivity contribution in [3.8, 4) is 0 Å². The van der Waals surface area contributed by atoms with Gasteiger partial charge in [0.05, 0.1) is 18.8 Å². The number of hydrogen-bond acceptors (Lipinski definition) is 5. The lowest BCUT2D eigenvalue weighted by atomic mass is 10.2. The fourth-order valence-electron chi connectivity index (χ4n) is 3.67. The molecule has 1 fully saturated rings. The zero-order valence-electron chi connectivity index (χ0n) is 16.2. The summed E-state index contributed by atoms with van der Waals surface area (Å²) in [6.07, 6.45) is 2.66. The van der Waals surface area contributed by atoms with Crippen molar-refractivity contribution in [3.63, 3.8) is 0 Å². The minimum Gasteiger partial charge on any atom is -0.331 e. The van der Waals surface area contributed by atoms with Crippen molar-refractivity contribution < 1.29 is 9.69 Å². The largest absolute Gasteiger partial charge is 0.331 e. The number of amides is 1. The van der Waals surface area contributed by atoms with Crippen LogP contribution in [0.2, 0.25) is 0 Å². The fraction of sp³-hybridized carbons (Fsp3) is 0.400. The maximum absolute atomic E-state index is 12.3. The molecule has 3 heterocycles. The van der Waals surface area contributed by atoms with Gasteiger partial charge in [-0.2, -0.15) is 0 Å². The van der Waals surface area contributed by atoms with Crippen molar-refractivity contribution in [2.24, 2.45) is 0 Å². The van der Waals surface area contributed by atoms with Crippen molar-refractivity contribution in [3.05, 3.63) is 47.3 Å². The molecule has 0 bridgehead atoms. The van der Waals surface area contributed by atoms with Crippen LogP contribution in [0, 0.1) is 13.8 Å². The van der Waals surface area contributed by atoms with Gasteiger partial charge in [-0.15, -0.1) is 10.2 Å². The number of nitrogens with zero attached hydrogens (tertiary/aromatic N) is 4. The Morgan fingerprint density at radius 1 is 1.18 bits per heavy atom. The van der Waals surface area contributed by atoms with Crippen molar-refractivity contribution in [1.29, 1.82) is 0 Å². The Morgan fingerprint density at radius 3 is 2.68 bits per heavy atom. The molecule has 0 atom stereocenters.